The zero-order valence-corrected chi connectivity index (χ0v) is 11.0. The van der Waals surface area contributed by atoms with E-state index in [1.807, 2.05) is 6.07 Å². The van der Waals surface area contributed by atoms with Gasteiger partial charge in [-0.25, -0.2) is 0 Å². The van der Waals surface area contributed by atoms with Crippen LogP contribution in [0.25, 0.3) is 0 Å². The van der Waals surface area contributed by atoms with Gasteiger partial charge in [0.1, 0.15) is 0 Å². The number of anilines is 1. The lowest BCUT2D eigenvalue weighted by Crippen LogP contribution is -2.09. The molecule has 2 heteroatoms. The van der Waals surface area contributed by atoms with Crippen molar-refractivity contribution in [1.29, 1.82) is 0 Å². The first-order chi connectivity index (χ1) is 8.24. The predicted octanol–water partition coefficient (Wildman–Crippen LogP) is 4.66. The molecule has 0 bridgehead atoms. The quantitative estimate of drug-likeness (QED) is 0.838. The van der Waals surface area contributed by atoms with Crippen LogP contribution in [0, 0.1) is 0 Å². The topological polar surface area (TPSA) is 12.0 Å². The highest BCUT2D eigenvalue weighted by Crippen LogP contribution is 2.28. The Morgan fingerprint density at radius 1 is 0.824 bits per heavy atom. The number of hydrogen-bond acceptors (Lipinski definition) is 2. The van der Waals surface area contributed by atoms with Gasteiger partial charge >= 0.3 is 0 Å². The fourth-order valence-electron chi connectivity index (χ4n) is 1.58. The molecule has 0 spiro atoms. The van der Waals surface area contributed by atoms with Crippen LogP contribution in [0.2, 0.25) is 0 Å². The summed E-state index contributed by atoms with van der Waals surface area (Å²) in [7, 11) is 0. The molecule has 1 nitrogen and oxygen atoms in total. The lowest BCUT2D eigenvalue weighted by Gasteiger charge is -2.10. The summed E-state index contributed by atoms with van der Waals surface area (Å²) in [6.07, 6.45) is 0. The molecule has 0 fully saturated rings. The molecule has 0 saturated heterocycles. The molecule has 0 aliphatic rings. The predicted molar refractivity (Wildman–Crippen MR) is 75.8 cm³/mol. The van der Waals surface area contributed by atoms with E-state index < -0.39 is 0 Å². The Balaban J connectivity index is 2.03. The maximum Gasteiger partial charge on any atom is 0.0342 e. The van der Waals surface area contributed by atoms with E-state index in [4.69, 9.17) is 0 Å². The van der Waals surface area contributed by atoms with Crippen LogP contribution in [-0.2, 0) is 0 Å². The second-order valence-corrected chi connectivity index (χ2v) is 5.39. The molecule has 0 atom stereocenters. The first kappa shape index (κ1) is 12.1. The van der Waals surface area contributed by atoms with E-state index in [9.17, 15) is 0 Å². The van der Waals surface area contributed by atoms with E-state index in [1.165, 1.54) is 15.5 Å². The van der Waals surface area contributed by atoms with E-state index in [1.54, 1.807) is 11.8 Å². The minimum atomic E-state index is 0.475. The first-order valence-corrected chi connectivity index (χ1v) is 6.65. The summed E-state index contributed by atoms with van der Waals surface area (Å²) in [5, 5.41) is 3.39. The third kappa shape index (κ3) is 3.82. The van der Waals surface area contributed by atoms with Crippen molar-refractivity contribution in [3.63, 3.8) is 0 Å². The van der Waals surface area contributed by atoms with Gasteiger partial charge in [0.2, 0.25) is 0 Å². The zero-order valence-electron chi connectivity index (χ0n) is 10.2. The van der Waals surface area contributed by atoms with E-state index >= 15 is 0 Å². The first-order valence-electron chi connectivity index (χ1n) is 5.83. The van der Waals surface area contributed by atoms with Crippen molar-refractivity contribution in [3.8, 4) is 0 Å². The fourth-order valence-corrected chi connectivity index (χ4v) is 2.41. The van der Waals surface area contributed by atoms with Crippen LogP contribution in [0.3, 0.4) is 0 Å². The summed E-state index contributed by atoms with van der Waals surface area (Å²) in [6, 6.07) is 19.5. The van der Waals surface area contributed by atoms with Gasteiger partial charge in [-0.15, -0.1) is 0 Å². The number of nitrogens with one attached hydrogen (secondary N) is 1. The van der Waals surface area contributed by atoms with Gasteiger partial charge in [0.15, 0.2) is 0 Å². The largest absolute Gasteiger partial charge is 0.383 e. The van der Waals surface area contributed by atoms with E-state index in [0.717, 1.165) is 0 Å². The lowest BCUT2D eigenvalue weighted by atomic mass is 10.3. The maximum atomic E-state index is 3.39. The fraction of sp³-hybridized carbons (Fsp3) is 0.200. The van der Waals surface area contributed by atoms with E-state index in [-0.39, 0.29) is 0 Å². The molecule has 0 amide bonds. The van der Waals surface area contributed by atoms with Crippen LogP contribution in [-0.4, -0.2) is 6.04 Å². The average Bonchev–Trinajstić information content (AvgIpc) is 2.32. The van der Waals surface area contributed by atoms with Crippen LogP contribution in [0.5, 0.6) is 0 Å². The molecule has 2 aromatic rings. The summed E-state index contributed by atoms with van der Waals surface area (Å²) in [5.41, 5.74) is 1.18. The van der Waals surface area contributed by atoms with Gasteiger partial charge in [-0.05, 0) is 50.2 Å². The number of rotatable bonds is 4. The van der Waals surface area contributed by atoms with Crippen LogP contribution in [0.4, 0.5) is 5.69 Å². The normalized spacial score (nSPS) is 10.5. The molecule has 0 aliphatic heterocycles. The van der Waals surface area contributed by atoms with Crippen LogP contribution < -0.4 is 5.32 Å². The monoisotopic (exact) mass is 243 g/mol. The van der Waals surface area contributed by atoms with Gasteiger partial charge in [0.05, 0.1) is 0 Å². The summed E-state index contributed by atoms with van der Waals surface area (Å²) in [4.78, 5) is 2.54. The van der Waals surface area contributed by atoms with Gasteiger partial charge < -0.3 is 5.32 Å². The molecule has 0 unspecified atom stereocenters. The van der Waals surface area contributed by atoms with Gasteiger partial charge in [-0.3, -0.25) is 0 Å². The SMILES string of the molecule is CC(C)Nc1ccc(Sc2ccccc2)cc1. The molecule has 17 heavy (non-hydrogen) atoms. The minimum Gasteiger partial charge on any atom is -0.383 e. The molecule has 88 valence electrons. The second kappa shape index (κ2) is 5.78. The minimum absolute atomic E-state index is 0.475. The standard InChI is InChI=1S/C15H17NS/c1-12(2)16-13-8-10-15(11-9-13)17-14-6-4-3-5-7-14/h3-12,16H,1-2H3. The summed E-state index contributed by atoms with van der Waals surface area (Å²) < 4.78 is 0. The molecule has 0 radical (unpaired) electrons. The third-order valence-electron chi connectivity index (χ3n) is 2.29. The van der Waals surface area contributed by atoms with Crippen molar-refractivity contribution < 1.29 is 0 Å². The number of benzene rings is 2. The Kier molecular flexibility index (Phi) is 4.10. The molecular formula is C15H17NS. The summed E-state index contributed by atoms with van der Waals surface area (Å²) in [6.45, 7) is 4.29. The molecule has 2 rings (SSSR count). The highest BCUT2D eigenvalue weighted by atomic mass is 32.2. The zero-order chi connectivity index (χ0) is 12.1. The second-order valence-electron chi connectivity index (χ2n) is 4.24. The van der Waals surface area contributed by atoms with Crippen molar-refractivity contribution in [1.82, 2.24) is 0 Å². The molecular weight excluding hydrogens is 226 g/mol. The van der Waals surface area contributed by atoms with E-state index in [0.29, 0.717) is 6.04 Å². The van der Waals surface area contributed by atoms with Crippen LogP contribution >= 0.6 is 11.8 Å². The molecule has 0 heterocycles. The average molecular weight is 243 g/mol. The Morgan fingerprint density at radius 2 is 1.41 bits per heavy atom. The van der Waals surface area contributed by atoms with Crippen LogP contribution in [0.15, 0.2) is 64.4 Å². The number of hydrogen-bond donors (Lipinski definition) is 1. The Morgan fingerprint density at radius 3 is 2.00 bits per heavy atom. The Hall–Kier alpha value is -1.41. The highest BCUT2D eigenvalue weighted by molar-refractivity contribution is 7.99. The van der Waals surface area contributed by atoms with Gasteiger partial charge in [-0.1, -0.05) is 30.0 Å². The van der Waals surface area contributed by atoms with Crippen molar-refractivity contribution in [2.24, 2.45) is 0 Å². The Labute approximate surface area is 107 Å². The summed E-state index contributed by atoms with van der Waals surface area (Å²) >= 11 is 1.79. The van der Waals surface area contributed by atoms with Gasteiger partial charge in [-0.2, -0.15) is 0 Å². The van der Waals surface area contributed by atoms with Crippen molar-refractivity contribution in [2.45, 2.75) is 29.7 Å². The highest BCUT2D eigenvalue weighted by Gasteiger charge is 1.98. The molecule has 0 saturated carbocycles. The van der Waals surface area contributed by atoms with E-state index in [2.05, 4.69) is 67.7 Å². The van der Waals surface area contributed by atoms with Gasteiger partial charge in [0.25, 0.3) is 0 Å². The summed E-state index contributed by atoms with van der Waals surface area (Å²) in [5.74, 6) is 0. The Bertz CT molecular complexity index is 448. The lowest BCUT2D eigenvalue weighted by molar-refractivity contribution is 0.899. The maximum absolute atomic E-state index is 3.39. The molecule has 0 aliphatic carbocycles. The van der Waals surface area contributed by atoms with Crippen molar-refractivity contribution >= 4 is 17.4 Å². The van der Waals surface area contributed by atoms with Crippen LogP contribution in [0.1, 0.15) is 13.8 Å². The molecule has 2 aromatic carbocycles. The molecule has 1 N–H and O–H groups in total. The van der Waals surface area contributed by atoms with Crippen molar-refractivity contribution in [3.05, 3.63) is 54.6 Å². The third-order valence-corrected chi connectivity index (χ3v) is 3.30. The van der Waals surface area contributed by atoms with Crippen molar-refractivity contribution in [2.75, 3.05) is 5.32 Å². The molecule has 0 aromatic heterocycles. The van der Waals surface area contributed by atoms with Gasteiger partial charge in [0, 0.05) is 21.5 Å². The smallest absolute Gasteiger partial charge is 0.0342 e.